The van der Waals surface area contributed by atoms with E-state index in [1.807, 2.05) is 0 Å². The van der Waals surface area contributed by atoms with Crippen LogP contribution in [0, 0.1) is 5.82 Å². The van der Waals surface area contributed by atoms with E-state index in [2.05, 4.69) is 28.2 Å². The first-order valence-corrected chi connectivity index (χ1v) is 11.3. The Kier molecular flexibility index (Phi) is 5.48. The highest BCUT2D eigenvalue weighted by Crippen LogP contribution is 2.44. The summed E-state index contributed by atoms with van der Waals surface area (Å²) in [6, 6.07) is 3.01. The molecule has 1 fully saturated rings. The average Bonchev–Trinajstić information content (AvgIpc) is 3.22. The standard InChI is InChI=1S/C26H25FN6O3/c1-5-7-14(6-2)32-12-18(36-4)16-8-9-17(21(27)19(16)25(32)34)22-20-23(28)29-13-30-24(20)33(31-22)15-10-26(3,35)11-15/h5-9,12-13,15,35H,1-2,10-11H2,3-4H3,(H2,28,29,30)/b14-7+. The summed E-state index contributed by atoms with van der Waals surface area (Å²) in [5, 5.41) is 15.4. The van der Waals surface area contributed by atoms with E-state index < -0.39 is 17.0 Å². The Bertz CT molecular complexity index is 1640. The van der Waals surface area contributed by atoms with Gasteiger partial charge in [-0.25, -0.2) is 19.0 Å². The molecule has 0 amide bonds. The highest BCUT2D eigenvalue weighted by atomic mass is 19.1. The molecule has 1 aliphatic carbocycles. The molecule has 1 aromatic carbocycles. The van der Waals surface area contributed by atoms with Gasteiger partial charge >= 0.3 is 0 Å². The van der Waals surface area contributed by atoms with Crippen molar-refractivity contribution in [2.75, 3.05) is 12.8 Å². The van der Waals surface area contributed by atoms with Crippen LogP contribution in [-0.2, 0) is 0 Å². The number of benzene rings is 1. The molecule has 9 nitrogen and oxygen atoms in total. The van der Waals surface area contributed by atoms with Gasteiger partial charge in [0.05, 0.1) is 35.7 Å². The van der Waals surface area contributed by atoms with Crippen LogP contribution >= 0.6 is 0 Å². The smallest absolute Gasteiger partial charge is 0.266 e. The van der Waals surface area contributed by atoms with E-state index in [-0.39, 0.29) is 28.5 Å². The number of nitrogens with two attached hydrogens (primary N) is 1. The minimum absolute atomic E-state index is 0.0728. The predicted octanol–water partition coefficient (Wildman–Crippen LogP) is 3.84. The molecule has 1 saturated carbocycles. The van der Waals surface area contributed by atoms with Crippen molar-refractivity contribution >= 4 is 33.3 Å². The molecule has 0 bridgehead atoms. The number of aromatic nitrogens is 5. The minimum atomic E-state index is -0.806. The fourth-order valence-electron chi connectivity index (χ4n) is 4.83. The molecular weight excluding hydrogens is 463 g/mol. The van der Waals surface area contributed by atoms with Crippen LogP contribution in [0.5, 0.6) is 5.75 Å². The Hall–Kier alpha value is -4.31. The van der Waals surface area contributed by atoms with E-state index in [1.165, 1.54) is 42.4 Å². The van der Waals surface area contributed by atoms with Gasteiger partial charge in [0, 0.05) is 16.6 Å². The van der Waals surface area contributed by atoms with Crippen molar-refractivity contribution in [1.82, 2.24) is 24.3 Å². The molecule has 0 aliphatic heterocycles. The number of anilines is 1. The number of allylic oxidation sites excluding steroid dienone is 4. The van der Waals surface area contributed by atoms with Gasteiger partial charge < -0.3 is 15.6 Å². The van der Waals surface area contributed by atoms with Gasteiger partial charge in [-0.15, -0.1) is 0 Å². The molecule has 1 aliphatic rings. The van der Waals surface area contributed by atoms with E-state index in [9.17, 15) is 9.90 Å². The van der Waals surface area contributed by atoms with Crippen LogP contribution in [0.25, 0.3) is 38.8 Å². The summed E-state index contributed by atoms with van der Waals surface area (Å²) in [6.45, 7) is 9.15. The summed E-state index contributed by atoms with van der Waals surface area (Å²) < 4.78 is 24.6. The topological polar surface area (TPSA) is 121 Å². The normalized spacial score (nSPS) is 19.9. The highest BCUT2D eigenvalue weighted by molar-refractivity contribution is 6.01. The van der Waals surface area contributed by atoms with Crippen molar-refractivity contribution in [3.05, 3.63) is 72.2 Å². The third kappa shape index (κ3) is 3.49. The Balaban J connectivity index is 1.81. The van der Waals surface area contributed by atoms with E-state index in [4.69, 9.17) is 10.5 Å². The maximum Gasteiger partial charge on any atom is 0.266 e. The number of methoxy groups -OCH3 is 1. The van der Waals surface area contributed by atoms with Crippen molar-refractivity contribution in [3.8, 4) is 17.0 Å². The van der Waals surface area contributed by atoms with E-state index in [0.717, 1.165) is 0 Å². The lowest BCUT2D eigenvalue weighted by atomic mass is 9.77. The molecule has 3 aromatic heterocycles. The van der Waals surface area contributed by atoms with Gasteiger partial charge in [-0.1, -0.05) is 19.2 Å². The van der Waals surface area contributed by atoms with Gasteiger partial charge in [0.2, 0.25) is 0 Å². The monoisotopic (exact) mass is 488 g/mol. The molecule has 4 aromatic rings. The Morgan fingerprint density at radius 1 is 1.31 bits per heavy atom. The number of nitrogen functional groups attached to an aromatic ring is 1. The van der Waals surface area contributed by atoms with Crippen LogP contribution < -0.4 is 16.0 Å². The Morgan fingerprint density at radius 2 is 2.06 bits per heavy atom. The van der Waals surface area contributed by atoms with Crippen LogP contribution in [0.4, 0.5) is 10.2 Å². The van der Waals surface area contributed by atoms with Crippen LogP contribution in [0.1, 0.15) is 25.8 Å². The lowest BCUT2D eigenvalue weighted by Crippen LogP contribution is -2.42. The molecular formula is C26H25FN6O3. The second-order valence-corrected chi connectivity index (χ2v) is 9.06. The summed E-state index contributed by atoms with van der Waals surface area (Å²) in [4.78, 5) is 21.9. The zero-order chi connectivity index (χ0) is 25.8. The van der Waals surface area contributed by atoms with Crippen LogP contribution in [0.2, 0.25) is 0 Å². The van der Waals surface area contributed by atoms with E-state index >= 15 is 4.39 Å². The number of aliphatic hydroxyl groups is 1. The van der Waals surface area contributed by atoms with Crippen molar-refractivity contribution in [3.63, 3.8) is 0 Å². The Labute approximate surface area is 205 Å². The minimum Gasteiger partial charge on any atom is -0.495 e. The first-order valence-electron chi connectivity index (χ1n) is 11.3. The lowest BCUT2D eigenvalue weighted by Gasteiger charge is -2.40. The number of rotatable bonds is 6. The first kappa shape index (κ1) is 23.4. The molecule has 0 unspecified atom stereocenters. The summed E-state index contributed by atoms with van der Waals surface area (Å²) in [5.41, 5.74) is 5.91. The maximum atomic E-state index is 16.2. The van der Waals surface area contributed by atoms with Gasteiger partial charge in [-0.3, -0.25) is 9.36 Å². The fourth-order valence-corrected chi connectivity index (χ4v) is 4.83. The van der Waals surface area contributed by atoms with Crippen LogP contribution in [0.3, 0.4) is 0 Å². The first-order chi connectivity index (χ1) is 17.2. The molecule has 0 spiro atoms. The van der Waals surface area contributed by atoms with Crippen LogP contribution in [-0.4, -0.2) is 42.1 Å². The molecule has 3 N–H and O–H groups in total. The second kappa shape index (κ2) is 8.42. The predicted molar refractivity (Wildman–Crippen MR) is 137 cm³/mol. The molecule has 5 rings (SSSR count). The number of ether oxygens (including phenoxy) is 1. The van der Waals surface area contributed by atoms with Gasteiger partial charge in [0.15, 0.2) is 5.65 Å². The largest absolute Gasteiger partial charge is 0.495 e. The third-order valence-electron chi connectivity index (χ3n) is 6.55. The Morgan fingerprint density at radius 3 is 2.69 bits per heavy atom. The molecule has 0 atom stereocenters. The third-order valence-corrected chi connectivity index (χ3v) is 6.55. The second-order valence-electron chi connectivity index (χ2n) is 9.06. The molecule has 36 heavy (non-hydrogen) atoms. The van der Waals surface area contributed by atoms with E-state index in [1.54, 1.807) is 23.7 Å². The zero-order valence-corrected chi connectivity index (χ0v) is 19.9. The quantitative estimate of drug-likeness (QED) is 0.396. The number of hydrogen-bond acceptors (Lipinski definition) is 7. The fraction of sp³-hybridized carbons (Fsp3) is 0.231. The van der Waals surface area contributed by atoms with Gasteiger partial charge in [-0.2, -0.15) is 5.10 Å². The lowest BCUT2D eigenvalue weighted by molar-refractivity contribution is -0.0531. The van der Waals surface area contributed by atoms with Crippen LogP contribution in [0.15, 0.2) is 60.8 Å². The maximum absolute atomic E-state index is 16.2. The van der Waals surface area contributed by atoms with Crippen molar-refractivity contribution < 1.29 is 14.2 Å². The highest BCUT2D eigenvalue weighted by Gasteiger charge is 2.41. The SMILES string of the molecule is C=C/C=C(\C=C)n1cc(OC)c2ccc(-c3nn(C4CC(C)(O)C4)c4ncnc(N)c34)c(F)c2c1=O. The molecule has 0 radical (unpaired) electrons. The van der Waals surface area contributed by atoms with E-state index in [0.29, 0.717) is 40.7 Å². The summed E-state index contributed by atoms with van der Waals surface area (Å²) in [5.74, 6) is -0.331. The molecule has 10 heteroatoms. The molecule has 3 heterocycles. The van der Waals surface area contributed by atoms with Gasteiger partial charge in [-0.05, 0) is 44.1 Å². The van der Waals surface area contributed by atoms with Crippen molar-refractivity contribution in [2.45, 2.75) is 31.4 Å². The number of pyridine rings is 1. The number of fused-ring (bicyclic) bond motifs is 2. The number of nitrogens with zero attached hydrogens (tertiary/aromatic N) is 5. The summed E-state index contributed by atoms with van der Waals surface area (Å²) in [6.07, 6.45) is 8.30. The molecule has 184 valence electrons. The average molecular weight is 489 g/mol. The van der Waals surface area contributed by atoms with Crippen molar-refractivity contribution in [2.24, 2.45) is 0 Å². The van der Waals surface area contributed by atoms with Gasteiger partial charge in [0.1, 0.15) is 29.4 Å². The number of halogens is 1. The van der Waals surface area contributed by atoms with Gasteiger partial charge in [0.25, 0.3) is 5.56 Å². The summed E-state index contributed by atoms with van der Waals surface area (Å²) in [7, 11) is 1.45. The zero-order valence-electron chi connectivity index (χ0n) is 19.9. The van der Waals surface area contributed by atoms with Crippen molar-refractivity contribution in [1.29, 1.82) is 0 Å². The summed E-state index contributed by atoms with van der Waals surface area (Å²) >= 11 is 0. The number of hydrogen-bond donors (Lipinski definition) is 2. The molecule has 0 saturated heterocycles.